The lowest BCUT2D eigenvalue weighted by Gasteiger charge is -2.06. The van der Waals surface area contributed by atoms with Crippen molar-refractivity contribution in [2.24, 2.45) is 0 Å². The van der Waals surface area contributed by atoms with Crippen LogP contribution in [0.1, 0.15) is 11.7 Å². The number of aliphatic hydroxyl groups is 1. The normalized spacial score (nSPS) is 12.5. The Balaban J connectivity index is 3.03. The molecule has 0 aliphatic carbocycles. The molecule has 13 heavy (non-hydrogen) atoms. The van der Waals surface area contributed by atoms with Gasteiger partial charge >= 0.3 is 5.97 Å². The van der Waals surface area contributed by atoms with Gasteiger partial charge in [-0.3, -0.25) is 0 Å². The fourth-order valence-electron chi connectivity index (χ4n) is 0.825. The topological polar surface area (TPSA) is 57.5 Å². The SMILES string of the molecule is O=C(O)[C@H](O)c1ccc(Cl)c(Cl)c1. The van der Waals surface area contributed by atoms with Crippen molar-refractivity contribution >= 4 is 29.2 Å². The van der Waals surface area contributed by atoms with Crippen molar-refractivity contribution in [3.8, 4) is 0 Å². The van der Waals surface area contributed by atoms with Crippen LogP contribution in [-0.4, -0.2) is 16.2 Å². The molecule has 1 atom stereocenters. The zero-order valence-electron chi connectivity index (χ0n) is 6.37. The molecule has 0 spiro atoms. The number of hydrogen-bond acceptors (Lipinski definition) is 2. The third-order valence-corrected chi connectivity index (χ3v) is 2.23. The van der Waals surface area contributed by atoms with Gasteiger partial charge in [-0.05, 0) is 17.7 Å². The van der Waals surface area contributed by atoms with Gasteiger partial charge in [-0.1, -0.05) is 29.3 Å². The molecular weight excluding hydrogens is 215 g/mol. The van der Waals surface area contributed by atoms with E-state index in [-0.39, 0.29) is 10.6 Å². The first kappa shape index (κ1) is 10.3. The third-order valence-electron chi connectivity index (χ3n) is 1.49. The van der Waals surface area contributed by atoms with Gasteiger partial charge in [0, 0.05) is 0 Å². The number of halogens is 2. The van der Waals surface area contributed by atoms with E-state index >= 15 is 0 Å². The summed E-state index contributed by atoms with van der Waals surface area (Å²) in [4.78, 5) is 10.4. The van der Waals surface area contributed by atoms with Crippen molar-refractivity contribution in [3.63, 3.8) is 0 Å². The summed E-state index contributed by atoms with van der Waals surface area (Å²) in [6.45, 7) is 0. The molecule has 0 saturated heterocycles. The Morgan fingerprint density at radius 1 is 1.31 bits per heavy atom. The van der Waals surface area contributed by atoms with E-state index in [9.17, 15) is 4.79 Å². The van der Waals surface area contributed by atoms with Crippen LogP contribution in [0.2, 0.25) is 10.0 Å². The molecule has 0 aliphatic heterocycles. The summed E-state index contributed by atoms with van der Waals surface area (Å²) >= 11 is 11.2. The van der Waals surface area contributed by atoms with Gasteiger partial charge in [-0.2, -0.15) is 0 Å². The standard InChI is InChI=1S/C8H6Cl2O3/c9-5-2-1-4(3-6(5)10)7(11)8(12)13/h1-3,7,11H,(H,12,13)/t7-/m1/s1. The lowest BCUT2D eigenvalue weighted by molar-refractivity contribution is -0.146. The Hall–Kier alpha value is -0.770. The largest absolute Gasteiger partial charge is 0.479 e. The maximum Gasteiger partial charge on any atom is 0.337 e. The Morgan fingerprint density at radius 2 is 1.92 bits per heavy atom. The van der Waals surface area contributed by atoms with Crippen LogP contribution in [0.3, 0.4) is 0 Å². The number of aliphatic carboxylic acids is 1. The number of carbonyl (C=O) groups is 1. The van der Waals surface area contributed by atoms with E-state index in [1.54, 1.807) is 0 Å². The van der Waals surface area contributed by atoms with Crippen molar-refractivity contribution in [1.29, 1.82) is 0 Å². The molecule has 3 nitrogen and oxygen atoms in total. The molecule has 70 valence electrons. The predicted molar refractivity (Wildman–Crippen MR) is 49.1 cm³/mol. The zero-order valence-corrected chi connectivity index (χ0v) is 7.88. The minimum atomic E-state index is -1.56. The molecule has 5 heteroatoms. The molecule has 1 aromatic carbocycles. The van der Waals surface area contributed by atoms with E-state index < -0.39 is 12.1 Å². The Morgan fingerprint density at radius 3 is 2.38 bits per heavy atom. The summed E-state index contributed by atoms with van der Waals surface area (Å²) in [5.41, 5.74) is 0.210. The second kappa shape index (κ2) is 3.96. The summed E-state index contributed by atoms with van der Waals surface area (Å²) in [7, 11) is 0. The second-order valence-electron chi connectivity index (χ2n) is 2.41. The van der Waals surface area contributed by atoms with E-state index in [1.807, 2.05) is 0 Å². The van der Waals surface area contributed by atoms with Crippen LogP contribution in [0.5, 0.6) is 0 Å². The van der Waals surface area contributed by atoms with Crippen LogP contribution in [0.15, 0.2) is 18.2 Å². The summed E-state index contributed by atoms with van der Waals surface area (Å²) in [6.07, 6.45) is -1.56. The Kier molecular flexibility index (Phi) is 3.14. The summed E-state index contributed by atoms with van der Waals surface area (Å²) in [5.74, 6) is -1.32. The summed E-state index contributed by atoms with van der Waals surface area (Å²) < 4.78 is 0. The van der Waals surface area contributed by atoms with E-state index in [4.69, 9.17) is 33.4 Å². The quantitative estimate of drug-likeness (QED) is 0.803. The average molecular weight is 221 g/mol. The minimum Gasteiger partial charge on any atom is -0.479 e. The monoisotopic (exact) mass is 220 g/mol. The van der Waals surface area contributed by atoms with Crippen molar-refractivity contribution in [2.45, 2.75) is 6.10 Å². The van der Waals surface area contributed by atoms with Gasteiger partial charge in [0.15, 0.2) is 6.10 Å². The van der Waals surface area contributed by atoms with Gasteiger partial charge in [-0.25, -0.2) is 4.79 Å². The zero-order chi connectivity index (χ0) is 10.0. The molecule has 0 fully saturated rings. The van der Waals surface area contributed by atoms with Crippen LogP contribution in [0.25, 0.3) is 0 Å². The highest BCUT2D eigenvalue weighted by molar-refractivity contribution is 6.42. The van der Waals surface area contributed by atoms with Crippen molar-refractivity contribution < 1.29 is 15.0 Å². The first-order chi connectivity index (χ1) is 6.02. The molecule has 1 aromatic rings. The molecule has 0 saturated carbocycles. The molecule has 0 bridgehead atoms. The molecule has 0 aliphatic rings. The predicted octanol–water partition coefficient (Wildman–Crippen LogP) is 2.11. The second-order valence-corrected chi connectivity index (χ2v) is 3.23. The van der Waals surface area contributed by atoms with Gasteiger partial charge in [0.25, 0.3) is 0 Å². The molecule has 0 unspecified atom stereocenters. The van der Waals surface area contributed by atoms with E-state index in [0.717, 1.165) is 0 Å². The van der Waals surface area contributed by atoms with Gasteiger partial charge in [0.05, 0.1) is 10.0 Å². The van der Waals surface area contributed by atoms with Crippen LogP contribution in [0, 0.1) is 0 Å². The van der Waals surface area contributed by atoms with Gasteiger partial charge in [-0.15, -0.1) is 0 Å². The fraction of sp³-hybridized carbons (Fsp3) is 0.125. The van der Waals surface area contributed by atoms with Gasteiger partial charge < -0.3 is 10.2 Å². The number of carboxylic acids is 1. The summed E-state index contributed by atoms with van der Waals surface area (Å²) in [5, 5.41) is 18.1. The molecule has 0 aromatic heterocycles. The Bertz CT molecular complexity index is 338. The third kappa shape index (κ3) is 2.34. The Labute approximate surface area is 84.5 Å². The molecule has 2 N–H and O–H groups in total. The molecule has 1 rings (SSSR count). The van der Waals surface area contributed by atoms with Crippen molar-refractivity contribution in [1.82, 2.24) is 0 Å². The van der Waals surface area contributed by atoms with Gasteiger partial charge in [0.2, 0.25) is 0 Å². The fourth-order valence-corrected chi connectivity index (χ4v) is 1.13. The summed E-state index contributed by atoms with van der Waals surface area (Å²) in [6, 6.07) is 4.17. The highest BCUT2D eigenvalue weighted by Gasteiger charge is 2.16. The van der Waals surface area contributed by atoms with Crippen LogP contribution in [0.4, 0.5) is 0 Å². The van der Waals surface area contributed by atoms with Crippen LogP contribution in [-0.2, 0) is 4.79 Å². The van der Waals surface area contributed by atoms with Crippen LogP contribution < -0.4 is 0 Å². The maximum absolute atomic E-state index is 10.4. The average Bonchev–Trinajstić information content (AvgIpc) is 2.08. The highest BCUT2D eigenvalue weighted by atomic mass is 35.5. The van der Waals surface area contributed by atoms with Crippen molar-refractivity contribution in [3.05, 3.63) is 33.8 Å². The maximum atomic E-state index is 10.4. The first-order valence-electron chi connectivity index (χ1n) is 3.38. The highest BCUT2D eigenvalue weighted by Crippen LogP contribution is 2.25. The number of carboxylic acid groups (broad SMARTS) is 1. The van der Waals surface area contributed by atoms with Crippen LogP contribution >= 0.6 is 23.2 Å². The van der Waals surface area contributed by atoms with E-state index in [2.05, 4.69) is 0 Å². The molecule has 0 heterocycles. The number of hydrogen-bond donors (Lipinski definition) is 2. The lowest BCUT2D eigenvalue weighted by atomic mass is 10.1. The molecule has 0 amide bonds. The molecule has 0 radical (unpaired) electrons. The van der Waals surface area contributed by atoms with E-state index in [1.165, 1.54) is 18.2 Å². The smallest absolute Gasteiger partial charge is 0.337 e. The number of rotatable bonds is 2. The minimum absolute atomic E-state index is 0.210. The van der Waals surface area contributed by atoms with Gasteiger partial charge in [0.1, 0.15) is 0 Å². The van der Waals surface area contributed by atoms with E-state index in [0.29, 0.717) is 5.02 Å². The van der Waals surface area contributed by atoms with Crippen molar-refractivity contribution in [2.75, 3.05) is 0 Å². The first-order valence-corrected chi connectivity index (χ1v) is 4.14. The molecular formula is C8H6Cl2O3. The number of aliphatic hydroxyl groups excluding tert-OH is 1. The number of benzene rings is 1. The lowest BCUT2D eigenvalue weighted by Crippen LogP contribution is -2.10.